The van der Waals surface area contributed by atoms with Crippen molar-refractivity contribution in [1.29, 1.82) is 0 Å². The lowest BCUT2D eigenvalue weighted by Crippen LogP contribution is -2.33. The molecule has 2 aliphatic rings. The minimum atomic E-state index is -1.02. The largest absolute Gasteiger partial charge is 0.459 e. The number of esters is 1. The number of nitrogens with zero attached hydrogens (tertiary/aromatic N) is 2. The molecule has 0 aromatic carbocycles. The first-order valence-corrected chi connectivity index (χ1v) is 9.08. The lowest BCUT2D eigenvalue weighted by molar-refractivity contribution is -0.158. The highest BCUT2D eigenvalue weighted by molar-refractivity contribution is 7.16. The Morgan fingerprint density at radius 3 is 2.88 bits per heavy atom. The third kappa shape index (κ3) is 2.91. The maximum atomic E-state index is 12.4. The van der Waals surface area contributed by atoms with Crippen LogP contribution in [-0.2, 0) is 14.3 Å². The molecule has 0 radical (unpaired) electrons. The molecule has 4 atom stereocenters. The van der Waals surface area contributed by atoms with Crippen LogP contribution >= 0.6 is 11.3 Å². The number of rotatable bonds is 4. The van der Waals surface area contributed by atoms with Crippen molar-refractivity contribution in [2.75, 3.05) is 5.73 Å². The first-order chi connectivity index (χ1) is 12.3. The van der Waals surface area contributed by atoms with Crippen molar-refractivity contribution in [3.63, 3.8) is 0 Å². The summed E-state index contributed by atoms with van der Waals surface area (Å²) in [7, 11) is 0. The number of aliphatic hydroxyl groups excluding tert-OH is 1. The van der Waals surface area contributed by atoms with Gasteiger partial charge in [0.25, 0.3) is 5.56 Å². The number of aliphatic hydroxyl groups is 1. The normalized spacial score (nSPS) is 26.9. The number of fused-ring (bicyclic) bond motifs is 1. The number of nitrogens with one attached hydrogen (secondary N) is 1. The highest BCUT2D eigenvalue weighted by Crippen LogP contribution is 2.42. The summed E-state index contributed by atoms with van der Waals surface area (Å²) in [5.41, 5.74) is 5.13. The number of aromatic amines is 1. The van der Waals surface area contributed by atoms with E-state index in [0.717, 1.165) is 17.4 Å². The molecule has 0 amide bonds. The minimum absolute atomic E-state index is 0.0707. The number of carbonyl (C=O) groups is 1. The van der Waals surface area contributed by atoms with Crippen molar-refractivity contribution in [2.45, 2.75) is 50.7 Å². The van der Waals surface area contributed by atoms with E-state index in [4.69, 9.17) is 15.2 Å². The number of ether oxygens (including phenoxy) is 2. The standard InChI is InChI=1S/C15H18N4O6S/c1-5(20)24-9(6-2-3-6)8-4-7(21)13(25-8)19-11-10(26-15(19)23)12(22)18-14(16)17-11/h6-9,13,21H,2-4H2,1H3,(H3,16,17,18,22)/t7-,8+,9?,13-/m1/s1. The van der Waals surface area contributed by atoms with Gasteiger partial charge in [0.05, 0.1) is 0 Å². The van der Waals surface area contributed by atoms with E-state index < -0.39 is 40.9 Å². The average molecular weight is 382 g/mol. The molecule has 1 unspecified atom stereocenters. The van der Waals surface area contributed by atoms with E-state index in [0.29, 0.717) is 11.3 Å². The van der Waals surface area contributed by atoms with Gasteiger partial charge in [0.15, 0.2) is 11.9 Å². The van der Waals surface area contributed by atoms with Crippen LogP contribution in [0.5, 0.6) is 0 Å². The molecule has 140 valence electrons. The molecule has 1 aliphatic carbocycles. The van der Waals surface area contributed by atoms with Gasteiger partial charge in [0, 0.05) is 13.3 Å². The van der Waals surface area contributed by atoms with Gasteiger partial charge in [-0.1, -0.05) is 11.3 Å². The Morgan fingerprint density at radius 2 is 2.23 bits per heavy atom. The van der Waals surface area contributed by atoms with Crippen molar-refractivity contribution in [1.82, 2.24) is 14.5 Å². The quantitative estimate of drug-likeness (QED) is 0.611. The summed E-state index contributed by atoms with van der Waals surface area (Å²) in [5, 5.41) is 10.5. The highest BCUT2D eigenvalue weighted by Gasteiger charge is 2.47. The number of thiazole rings is 1. The van der Waals surface area contributed by atoms with Crippen LogP contribution in [0.2, 0.25) is 0 Å². The Bertz CT molecular complexity index is 977. The van der Waals surface area contributed by atoms with Crippen LogP contribution in [-0.4, -0.2) is 43.9 Å². The van der Waals surface area contributed by atoms with Crippen molar-refractivity contribution < 1.29 is 19.4 Å². The van der Waals surface area contributed by atoms with E-state index in [9.17, 15) is 19.5 Å². The van der Waals surface area contributed by atoms with Crippen molar-refractivity contribution in [3.8, 4) is 0 Å². The van der Waals surface area contributed by atoms with Gasteiger partial charge in [0.2, 0.25) is 5.95 Å². The van der Waals surface area contributed by atoms with Gasteiger partial charge in [-0.3, -0.25) is 23.9 Å². The lowest BCUT2D eigenvalue weighted by atomic mass is 10.0. The van der Waals surface area contributed by atoms with Gasteiger partial charge in [-0.05, 0) is 18.8 Å². The predicted octanol–water partition coefficient (Wildman–Crippen LogP) is -0.281. The van der Waals surface area contributed by atoms with Gasteiger partial charge >= 0.3 is 10.8 Å². The first kappa shape index (κ1) is 17.2. The van der Waals surface area contributed by atoms with Crippen LogP contribution in [0.25, 0.3) is 10.3 Å². The summed E-state index contributed by atoms with van der Waals surface area (Å²) in [6.45, 7) is 1.33. The number of aromatic nitrogens is 3. The number of H-pyrrole nitrogens is 1. The number of nitrogens with two attached hydrogens (primary N) is 1. The Hall–Kier alpha value is -2.24. The van der Waals surface area contributed by atoms with E-state index >= 15 is 0 Å². The molecule has 10 nitrogen and oxygen atoms in total. The molecule has 0 spiro atoms. The summed E-state index contributed by atoms with van der Waals surface area (Å²) in [5.74, 6) is -0.348. The SMILES string of the molecule is CC(=O)OC(C1CC1)[C@@H]1C[C@@H](O)[C@H](n2c(=O)sc3c(=O)[nH]c(N)nc32)O1. The summed E-state index contributed by atoms with van der Waals surface area (Å²) >= 11 is 0.711. The van der Waals surface area contributed by atoms with Crippen molar-refractivity contribution in [2.24, 2.45) is 5.92 Å². The van der Waals surface area contributed by atoms with E-state index in [1.165, 1.54) is 6.92 Å². The monoisotopic (exact) mass is 382 g/mol. The summed E-state index contributed by atoms with van der Waals surface area (Å²) < 4.78 is 12.5. The van der Waals surface area contributed by atoms with E-state index in [1.54, 1.807) is 0 Å². The Balaban J connectivity index is 1.70. The third-order valence-corrected chi connectivity index (χ3v) is 5.56. The fraction of sp³-hybridized carbons (Fsp3) is 0.600. The summed E-state index contributed by atoms with van der Waals surface area (Å²) in [6.07, 6.45) is -0.967. The Morgan fingerprint density at radius 1 is 1.50 bits per heavy atom. The number of anilines is 1. The molecular weight excluding hydrogens is 364 g/mol. The summed E-state index contributed by atoms with van der Waals surface area (Å²) in [4.78, 5) is 41.6. The zero-order valence-electron chi connectivity index (χ0n) is 13.9. The fourth-order valence-electron chi connectivity index (χ4n) is 3.39. The van der Waals surface area contributed by atoms with Gasteiger partial charge in [-0.15, -0.1) is 0 Å². The average Bonchev–Trinajstić information content (AvgIpc) is 3.25. The molecule has 1 aliphatic heterocycles. The second-order valence-corrected chi connectivity index (χ2v) is 7.58. The van der Waals surface area contributed by atoms with Gasteiger partial charge in [-0.2, -0.15) is 4.98 Å². The topological polar surface area (TPSA) is 150 Å². The Kier molecular flexibility index (Phi) is 4.09. The van der Waals surface area contributed by atoms with Crippen LogP contribution in [0.1, 0.15) is 32.4 Å². The molecule has 1 saturated carbocycles. The zero-order valence-corrected chi connectivity index (χ0v) is 14.7. The van der Waals surface area contributed by atoms with E-state index in [2.05, 4.69) is 9.97 Å². The Labute approximate surface area is 150 Å². The molecule has 2 aromatic rings. The van der Waals surface area contributed by atoms with Crippen molar-refractivity contribution >= 4 is 33.6 Å². The second-order valence-electron chi connectivity index (χ2n) is 6.62. The molecule has 2 aromatic heterocycles. The number of hydrogen-bond donors (Lipinski definition) is 3. The molecule has 1 saturated heterocycles. The van der Waals surface area contributed by atoms with Crippen LogP contribution in [0.4, 0.5) is 5.95 Å². The molecule has 26 heavy (non-hydrogen) atoms. The second kappa shape index (κ2) is 6.18. The molecule has 0 bridgehead atoms. The number of hydrogen-bond acceptors (Lipinski definition) is 9. The van der Waals surface area contributed by atoms with Gasteiger partial charge < -0.3 is 20.3 Å². The maximum absolute atomic E-state index is 12.4. The maximum Gasteiger partial charge on any atom is 0.311 e. The van der Waals surface area contributed by atoms with Crippen LogP contribution in [0.15, 0.2) is 9.59 Å². The predicted molar refractivity (Wildman–Crippen MR) is 91.7 cm³/mol. The fourth-order valence-corrected chi connectivity index (χ4v) is 4.23. The smallest absolute Gasteiger partial charge is 0.311 e. The van der Waals surface area contributed by atoms with Crippen LogP contribution in [0.3, 0.4) is 0 Å². The molecule has 4 N–H and O–H groups in total. The lowest BCUT2D eigenvalue weighted by Gasteiger charge is -2.23. The number of carbonyl (C=O) groups excluding carboxylic acids is 1. The molecule has 4 rings (SSSR count). The molecular formula is C15H18N4O6S. The van der Waals surface area contributed by atoms with Crippen molar-refractivity contribution in [3.05, 3.63) is 20.0 Å². The van der Waals surface area contributed by atoms with Gasteiger partial charge in [-0.25, -0.2) is 0 Å². The minimum Gasteiger partial charge on any atom is -0.459 e. The zero-order chi connectivity index (χ0) is 18.6. The number of nitrogen functional groups attached to an aromatic ring is 1. The van der Waals surface area contributed by atoms with Crippen LogP contribution < -0.4 is 16.2 Å². The first-order valence-electron chi connectivity index (χ1n) is 8.26. The highest BCUT2D eigenvalue weighted by atomic mass is 32.1. The molecule has 3 heterocycles. The van der Waals surface area contributed by atoms with Crippen LogP contribution in [0, 0.1) is 5.92 Å². The van der Waals surface area contributed by atoms with Gasteiger partial charge in [0.1, 0.15) is 23.0 Å². The molecule has 11 heteroatoms. The third-order valence-electron chi connectivity index (χ3n) is 4.62. The van der Waals surface area contributed by atoms with E-state index in [-0.39, 0.29) is 28.6 Å². The summed E-state index contributed by atoms with van der Waals surface area (Å²) in [6, 6.07) is 0. The van der Waals surface area contributed by atoms with E-state index in [1.807, 2.05) is 0 Å². The molecule has 2 fully saturated rings.